The van der Waals surface area contributed by atoms with E-state index < -0.39 is 5.41 Å². The van der Waals surface area contributed by atoms with Crippen LogP contribution in [0.15, 0.2) is 206 Å². The minimum atomic E-state index is -0.574. The van der Waals surface area contributed by atoms with E-state index in [1.54, 1.807) is 0 Å². The zero-order valence-corrected chi connectivity index (χ0v) is 36.0. The van der Waals surface area contributed by atoms with Crippen LogP contribution in [-0.4, -0.2) is 0 Å². The Morgan fingerprint density at radius 3 is 1.49 bits per heavy atom. The number of hydrogen-bond donors (Lipinski definition) is 0. The Morgan fingerprint density at radius 2 is 0.873 bits per heavy atom. The minimum absolute atomic E-state index is 0.574. The van der Waals surface area contributed by atoms with Crippen molar-refractivity contribution in [3.63, 3.8) is 0 Å². The highest BCUT2D eigenvalue weighted by molar-refractivity contribution is 6.15. The van der Waals surface area contributed by atoms with Gasteiger partial charge in [0.1, 0.15) is 0 Å². The molecule has 0 heterocycles. The summed E-state index contributed by atoms with van der Waals surface area (Å²) in [5, 5.41) is 4.98. The van der Waals surface area contributed by atoms with Crippen molar-refractivity contribution in [1.29, 1.82) is 0 Å². The molecule has 0 amide bonds. The molecule has 10 aromatic rings. The molecule has 0 aliphatic heterocycles. The highest BCUT2D eigenvalue weighted by Crippen LogP contribution is 2.66. The van der Waals surface area contributed by atoms with Crippen molar-refractivity contribution >= 4 is 55.7 Å². The van der Waals surface area contributed by atoms with E-state index >= 15 is 0 Å². The van der Waals surface area contributed by atoms with E-state index in [9.17, 15) is 0 Å². The molecule has 1 spiro atoms. The van der Waals surface area contributed by atoms with Gasteiger partial charge in [0, 0.05) is 33.8 Å². The number of para-hydroxylation sites is 2. The molecule has 63 heavy (non-hydrogen) atoms. The van der Waals surface area contributed by atoms with Gasteiger partial charge in [-0.25, -0.2) is 0 Å². The van der Waals surface area contributed by atoms with E-state index in [0.29, 0.717) is 0 Å². The number of anilines is 6. The Bertz CT molecular complexity index is 3410. The van der Waals surface area contributed by atoms with Crippen molar-refractivity contribution in [1.82, 2.24) is 0 Å². The first-order valence-electron chi connectivity index (χ1n) is 22.1. The van der Waals surface area contributed by atoms with Crippen LogP contribution in [-0.2, 0) is 5.41 Å². The molecule has 0 aromatic heterocycles. The van der Waals surface area contributed by atoms with Crippen LogP contribution < -0.4 is 9.80 Å². The molecule has 10 aromatic carbocycles. The van der Waals surface area contributed by atoms with Gasteiger partial charge in [-0.3, -0.25) is 0 Å². The van der Waals surface area contributed by atoms with Crippen LogP contribution in [0, 0.1) is 27.7 Å². The van der Waals surface area contributed by atoms with Crippen LogP contribution >= 0.6 is 0 Å². The van der Waals surface area contributed by atoms with Crippen LogP contribution in [0.25, 0.3) is 43.8 Å². The first kappa shape index (κ1) is 37.1. The quantitative estimate of drug-likeness (QED) is 0.165. The number of hydrogen-bond acceptors (Lipinski definition) is 2. The van der Waals surface area contributed by atoms with E-state index in [-0.39, 0.29) is 0 Å². The monoisotopic (exact) mass is 806 g/mol. The standard InChI is InChI=1S/C61H46N2/c1-39-27-33-56(41(3)35-39)62(44-17-7-5-8-18-44)46-30-32-47-43(37-46)29-31-52-59-51-24-12-11-23-50(51)58(63(45-19-9-6-10-20-45)57-34-28-40(2)36-42(57)4)38-55(59)61(60(47)52)53-25-15-13-21-48(53)49-22-14-16-26-54(49)61/h5-38H,1-4H3. The number of aryl methyl sites for hydroxylation is 4. The van der Waals surface area contributed by atoms with Gasteiger partial charge < -0.3 is 9.80 Å². The van der Waals surface area contributed by atoms with Crippen LogP contribution in [0.1, 0.15) is 44.5 Å². The first-order chi connectivity index (χ1) is 30.9. The lowest BCUT2D eigenvalue weighted by molar-refractivity contribution is 0.802. The predicted octanol–water partition coefficient (Wildman–Crippen LogP) is 16.5. The molecule has 0 radical (unpaired) electrons. The molecule has 300 valence electrons. The lowest BCUT2D eigenvalue weighted by Crippen LogP contribution is -2.26. The van der Waals surface area contributed by atoms with Gasteiger partial charge in [0.15, 0.2) is 0 Å². The van der Waals surface area contributed by atoms with Crippen molar-refractivity contribution in [2.45, 2.75) is 33.1 Å². The third kappa shape index (κ3) is 5.44. The minimum Gasteiger partial charge on any atom is -0.310 e. The van der Waals surface area contributed by atoms with Crippen molar-refractivity contribution in [2.24, 2.45) is 0 Å². The molecule has 0 fully saturated rings. The van der Waals surface area contributed by atoms with Crippen molar-refractivity contribution in [3.05, 3.63) is 251 Å². The lowest BCUT2D eigenvalue weighted by atomic mass is 9.69. The second-order valence-electron chi connectivity index (χ2n) is 17.5. The lowest BCUT2D eigenvalue weighted by Gasteiger charge is -2.34. The Morgan fingerprint density at radius 1 is 0.333 bits per heavy atom. The van der Waals surface area contributed by atoms with Crippen LogP contribution in [0.3, 0.4) is 0 Å². The van der Waals surface area contributed by atoms with E-state index in [1.165, 1.54) is 105 Å². The number of nitrogens with zero attached hydrogens (tertiary/aromatic N) is 2. The summed E-state index contributed by atoms with van der Waals surface area (Å²) >= 11 is 0. The first-order valence-corrected chi connectivity index (χ1v) is 22.1. The molecule has 0 N–H and O–H groups in total. The fraction of sp³-hybridized carbons (Fsp3) is 0.0820. The average molecular weight is 807 g/mol. The molecule has 0 saturated carbocycles. The molecule has 12 rings (SSSR count). The highest BCUT2D eigenvalue weighted by atomic mass is 15.2. The summed E-state index contributed by atoms with van der Waals surface area (Å²) in [5.74, 6) is 0. The number of fused-ring (bicyclic) bond motifs is 14. The Labute approximate surface area is 370 Å². The zero-order valence-electron chi connectivity index (χ0n) is 36.0. The summed E-state index contributed by atoms with van der Waals surface area (Å²) in [6, 6.07) is 77.3. The summed E-state index contributed by atoms with van der Waals surface area (Å²) in [4.78, 5) is 4.91. The second kappa shape index (κ2) is 14.2. The number of rotatable bonds is 6. The van der Waals surface area contributed by atoms with E-state index in [2.05, 4.69) is 244 Å². The second-order valence-corrected chi connectivity index (χ2v) is 17.5. The molecular formula is C61H46N2. The van der Waals surface area contributed by atoms with Gasteiger partial charge in [0.2, 0.25) is 0 Å². The molecular weight excluding hydrogens is 761 g/mol. The van der Waals surface area contributed by atoms with Crippen molar-refractivity contribution in [2.75, 3.05) is 9.80 Å². The summed E-state index contributed by atoms with van der Waals surface area (Å²) in [5.41, 5.74) is 21.9. The van der Waals surface area contributed by atoms with Crippen molar-refractivity contribution in [3.8, 4) is 22.3 Å². The van der Waals surface area contributed by atoms with Gasteiger partial charge in [-0.2, -0.15) is 0 Å². The van der Waals surface area contributed by atoms with E-state index in [4.69, 9.17) is 0 Å². The largest absolute Gasteiger partial charge is 0.310 e. The van der Waals surface area contributed by atoms with Gasteiger partial charge >= 0.3 is 0 Å². The van der Waals surface area contributed by atoms with E-state index in [0.717, 1.165) is 17.1 Å². The third-order valence-corrected chi connectivity index (χ3v) is 13.7. The average Bonchev–Trinajstić information content (AvgIpc) is 3.79. The Balaban J connectivity index is 1.19. The molecule has 2 heteroatoms. The molecule has 2 aliphatic carbocycles. The van der Waals surface area contributed by atoms with Gasteiger partial charge in [-0.15, -0.1) is 0 Å². The summed E-state index contributed by atoms with van der Waals surface area (Å²) in [7, 11) is 0. The number of benzene rings is 10. The molecule has 2 aliphatic rings. The molecule has 0 unspecified atom stereocenters. The third-order valence-electron chi connectivity index (χ3n) is 13.7. The molecule has 0 atom stereocenters. The maximum Gasteiger partial charge on any atom is 0.0732 e. The Hall–Kier alpha value is -7.68. The summed E-state index contributed by atoms with van der Waals surface area (Å²) in [6.45, 7) is 8.82. The van der Waals surface area contributed by atoms with Crippen LogP contribution in [0.5, 0.6) is 0 Å². The van der Waals surface area contributed by atoms with Gasteiger partial charge in [0.05, 0.1) is 11.1 Å². The maximum absolute atomic E-state index is 2.56. The summed E-state index contributed by atoms with van der Waals surface area (Å²) in [6.07, 6.45) is 0. The van der Waals surface area contributed by atoms with Crippen molar-refractivity contribution < 1.29 is 0 Å². The van der Waals surface area contributed by atoms with Gasteiger partial charge in [-0.1, -0.05) is 163 Å². The smallest absolute Gasteiger partial charge is 0.0732 e. The fourth-order valence-corrected chi connectivity index (χ4v) is 11.2. The predicted molar refractivity (Wildman–Crippen MR) is 266 cm³/mol. The fourth-order valence-electron chi connectivity index (χ4n) is 11.2. The highest BCUT2D eigenvalue weighted by Gasteiger charge is 2.53. The zero-order chi connectivity index (χ0) is 42.4. The topological polar surface area (TPSA) is 6.48 Å². The van der Waals surface area contributed by atoms with Gasteiger partial charge in [0.25, 0.3) is 0 Å². The molecule has 0 bridgehead atoms. The van der Waals surface area contributed by atoms with Crippen LogP contribution in [0.4, 0.5) is 34.1 Å². The summed E-state index contributed by atoms with van der Waals surface area (Å²) < 4.78 is 0. The Kier molecular flexibility index (Phi) is 8.36. The maximum atomic E-state index is 2.56. The van der Waals surface area contributed by atoms with Crippen LogP contribution in [0.2, 0.25) is 0 Å². The van der Waals surface area contributed by atoms with Gasteiger partial charge in [-0.05, 0) is 154 Å². The SMILES string of the molecule is Cc1ccc(N(c2ccccc2)c2ccc3c4c(ccc3c2)-c2c(cc(N(c3ccccc3)c3ccc(C)cc3C)c3ccccc23)C42c3ccccc3-c3ccccc32)c(C)c1. The molecule has 0 saturated heterocycles. The normalized spacial score (nSPS) is 12.9. The molecule has 2 nitrogen and oxygen atoms in total. The van der Waals surface area contributed by atoms with E-state index in [1.807, 2.05) is 0 Å².